The Morgan fingerprint density at radius 3 is 2.77 bits per heavy atom. The number of hydrogen-bond acceptors (Lipinski definition) is 7. The van der Waals surface area contributed by atoms with E-state index in [-0.39, 0.29) is 11.6 Å². The van der Waals surface area contributed by atoms with E-state index >= 15 is 0 Å². The van der Waals surface area contributed by atoms with Gasteiger partial charge in [0.25, 0.3) is 5.56 Å². The molecule has 0 spiro atoms. The predicted molar refractivity (Wildman–Crippen MR) is 111 cm³/mol. The van der Waals surface area contributed by atoms with Crippen LogP contribution in [0.1, 0.15) is 24.4 Å². The molecule has 4 aromatic rings. The van der Waals surface area contributed by atoms with Crippen molar-refractivity contribution in [3.63, 3.8) is 0 Å². The highest BCUT2D eigenvalue weighted by Gasteiger charge is 2.27. The maximum Gasteiger partial charge on any atom is 0.266 e. The maximum atomic E-state index is 12.5. The van der Waals surface area contributed by atoms with E-state index in [1.807, 2.05) is 31.2 Å². The minimum atomic E-state index is -0.0927. The summed E-state index contributed by atoms with van der Waals surface area (Å²) in [5, 5.41) is 17.7. The van der Waals surface area contributed by atoms with Crippen molar-refractivity contribution in [1.29, 1.82) is 0 Å². The van der Waals surface area contributed by atoms with Crippen LogP contribution in [0.25, 0.3) is 16.9 Å². The van der Waals surface area contributed by atoms with Crippen LogP contribution in [0.5, 0.6) is 0 Å². The molecular formula is C21H22N8O. The Hall–Kier alpha value is -3.46. The van der Waals surface area contributed by atoms with Gasteiger partial charge in [0.1, 0.15) is 0 Å². The Balaban J connectivity index is 1.38. The van der Waals surface area contributed by atoms with Crippen LogP contribution in [0.2, 0.25) is 0 Å². The molecule has 5 heterocycles. The summed E-state index contributed by atoms with van der Waals surface area (Å²) in [5.41, 5.74) is 3.28. The van der Waals surface area contributed by atoms with E-state index in [4.69, 9.17) is 0 Å². The van der Waals surface area contributed by atoms with Gasteiger partial charge in [-0.25, -0.2) is 4.68 Å². The van der Waals surface area contributed by atoms with Crippen molar-refractivity contribution in [2.45, 2.75) is 38.9 Å². The molecule has 0 bridgehead atoms. The molecule has 0 aromatic carbocycles. The average Bonchev–Trinajstić information content (AvgIpc) is 3.37. The summed E-state index contributed by atoms with van der Waals surface area (Å²) in [7, 11) is 0. The van der Waals surface area contributed by atoms with Crippen molar-refractivity contribution < 1.29 is 0 Å². The molecule has 1 saturated heterocycles. The number of hydrogen-bond donors (Lipinski definition) is 0. The van der Waals surface area contributed by atoms with E-state index < -0.39 is 0 Å². The van der Waals surface area contributed by atoms with Crippen LogP contribution >= 0.6 is 0 Å². The predicted octanol–water partition coefficient (Wildman–Crippen LogP) is 1.72. The highest BCUT2D eigenvalue weighted by atomic mass is 16.1. The molecule has 1 aliphatic heterocycles. The second-order valence-corrected chi connectivity index (χ2v) is 7.60. The third-order valence-electron chi connectivity index (χ3n) is 5.53. The SMILES string of the molecule is Cc1ccc2nnc(CN3CCCC3Cn3nc(-c4ccncc4)ccc3=O)n2n1. The number of pyridine rings is 1. The van der Waals surface area contributed by atoms with Crippen molar-refractivity contribution in [2.75, 3.05) is 6.54 Å². The summed E-state index contributed by atoms with van der Waals surface area (Å²) in [6, 6.07) is 11.2. The average molecular weight is 402 g/mol. The maximum absolute atomic E-state index is 12.5. The van der Waals surface area contributed by atoms with Crippen LogP contribution in [0, 0.1) is 6.92 Å². The minimum absolute atomic E-state index is 0.0927. The fourth-order valence-corrected chi connectivity index (χ4v) is 3.97. The smallest absolute Gasteiger partial charge is 0.266 e. The van der Waals surface area contributed by atoms with Gasteiger partial charge in [-0.3, -0.25) is 14.7 Å². The number of aromatic nitrogens is 7. The Morgan fingerprint density at radius 1 is 1.03 bits per heavy atom. The Kier molecular flexibility index (Phi) is 4.80. The molecule has 5 rings (SSSR count). The summed E-state index contributed by atoms with van der Waals surface area (Å²) in [6.07, 6.45) is 5.54. The monoisotopic (exact) mass is 402 g/mol. The topological polar surface area (TPSA) is 94.1 Å². The van der Waals surface area contributed by atoms with Crippen molar-refractivity contribution in [2.24, 2.45) is 0 Å². The Labute approximate surface area is 173 Å². The van der Waals surface area contributed by atoms with Gasteiger partial charge in [0.15, 0.2) is 11.5 Å². The third-order valence-corrected chi connectivity index (χ3v) is 5.53. The van der Waals surface area contributed by atoms with Crippen molar-refractivity contribution >= 4 is 5.65 Å². The summed E-state index contributed by atoms with van der Waals surface area (Å²) < 4.78 is 3.38. The van der Waals surface area contributed by atoms with E-state index in [2.05, 4.69) is 30.3 Å². The molecule has 1 aliphatic rings. The molecule has 30 heavy (non-hydrogen) atoms. The second kappa shape index (κ2) is 7.75. The quantitative estimate of drug-likeness (QED) is 0.502. The summed E-state index contributed by atoms with van der Waals surface area (Å²) in [6.45, 7) is 4.09. The zero-order valence-electron chi connectivity index (χ0n) is 16.7. The first kappa shape index (κ1) is 18.6. The Bertz CT molecular complexity index is 1230. The number of aryl methyl sites for hydroxylation is 1. The van der Waals surface area contributed by atoms with Gasteiger partial charge in [-0.2, -0.15) is 14.7 Å². The summed E-state index contributed by atoms with van der Waals surface area (Å²) >= 11 is 0. The molecule has 152 valence electrons. The largest absolute Gasteiger partial charge is 0.291 e. The highest BCUT2D eigenvalue weighted by molar-refractivity contribution is 5.57. The molecule has 9 heteroatoms. The lowest BCUT2D eigenvalue weighted by atomic mass is 10.2. The molecule has 0 amide bonds. The van der Waals surface area contributed by atoms with Crippen molar-refractivity contribution in [3.8, 4) is 11.3 Å². The zero-order chi connectivity index (χ0) is 20.5. The van der Waals surface area contributed by atoms with E-state index in [9.17, 15) is 4.79 Å². The zero-order valence-corrected chi connectivity index (χ0v) is 16.7. The molecular weight excluding hydrogens is 380 g/mol. The van der Waals surface area contributed by atoms with Gasteiger partial charge >= 0.3 is 0 Å². The summed E-state index contributed by atoms with van der Waals surface area (Å²) in [4.78, 5) is 18.8. The van der Waals surface area contributed by atoms with Crippen LogP contribution in [0.15, 0.2) is 53.6 Å². The fraction of sp³-hybridized carbons (Fsp3) is 0.333. The lowest BCUT2D eigenvalue weighted by Gasteiger charge is -2.23. The van der Waals surface area contributed by atoms with E-state index in [0.29, 0.717) is 13.1 Å². The van der Waals surface area contributed by atoms with E-state index in [1.54, 1.807) is 33.7 Å². The van der Waals surface area contributed by atoms with Crippen LogP contribution in [-0.2, 0) is 13.1 Å². The van der Waals surface area contributed by atoms with Gasteiger partial charge in [0.05, 0.1) is 24.5 Å². The first-order valence-corrected chi connectivity index (χ1v) is 10.1. The lowest BCUT2D eigenvalue weighted by molar-refractivity contribution is 0.210. The molecule has 0 saturated carbocycles. The minimum Gasteiger partial charge on any atom is -0.291 e. The van der Waals surface area contributed by atoms with Crippen LogP contribution < -0.4 is 5.56 Å². The third kappa shape index (κ3) is 3.59. The van der Waals surface area contributed by atoms with E-state index in [1.165, 1.54) is 0 Å². The number of rotatable bonds is 5. The highest BCUT2D eigenvalue weighted by Crippen LogP contribution is 2.21. The molecule has 1 unspecified atom stereocenters. The van der Waals surface area contributed by atoms with Gasteiger partial charge in [-0.15, -0.1) is 10.2 Å². The standard InChI is InChI=1S/C21H22N8O/c1-15-4-6-19-23-24-20(29(19)25-15)14-27-12-2-3-17(27)13-28-21(30)7-5-18(26-28)16-8-10-22-11-9-16/h4-11,17H,2-3,12-14H2,1H3. The first-order valence-electron chi connectivity index (χ1n) is 10.1. The van der Waals surface area contributed by atoms with Gasteiger partial charge < -0.3 is 0 Å². The number of nitrogens with zero attached hydrogens (tertiary/aromatic N) is 8. The van der Waals surface area contributed by atoms with Crippen molar-refractivity contribution in [1.82, 2.24) is 39.5 Å². The normalized spacial score (nSPS) is 17.0. The van der Waals surface area contributed by atoms with Crippen LogP contribution in [-0.4, -0.2) is 52.1 Å². The Morgan fingerprint density at radius 2 is 1.90 bits per heavy atom. The van der Waals surface area contributed by atoms with Gasteiger partial charge in [-0.1, -0.05) is 0 Å². The number of fused-ring (bicyclic) bond motifs is 1. The van der Waals surface area contributed by atoms with Crippen LogP contribution in [0.3, 0.4) is 0 Å². The lowest BCUT2D eigenvalue weighted by Crippen LogP contribution is -2.37. The van der Waals surface area contributed by atoms with Gasteiger partial charge in [0.2, 0.25) is 0 Å². The second-order valence-electron chi connectivity index (χ2n) is 7.60. The molecule has 4 aromatic heterocycles. The van der Waals surface area contributed by atoms with Crippen LogP contribution in [0.4, 0.5) is 0 Å². The fourth-order valence-electron chi connectivity index (χ4n) is 3.97. The van der Waals surface area contributed by atoms with E-state index in [0.717, 1.165) is 47.8 Å². The molecule has 1 atom stereocenters. The van der Waals surface area contributed by atoms with Crippen molar-refractivity contribution in [3.05, 3.63) is 70.7 Å². The molecule has 0 radical (unpaired) electrons. The molecule has 0 N–H and O–H groups in total. The summed E-state index contributed by atoms with van der Waals surface area (Å²) in [5.74, 6) is 0.812. The first-order chi connectivity index (χ1) is 14.7. The van der Waals surface area contributed by atoms with Gasteiger partial charge in [0, 0.05) is 30.1 Å². The number of likely N-dealkylation sites (tertiary alicyclic amines) is 1. The molecule has 0 aliphatic carbocycles. The molecule has 9 nitrogen and oxygen atoms in total. The van der Waals surface area contributed by atoms with Gasteiger partial charge in [-0.05, 0) is 56.6 Å². The molecule has 1 fully saturated rings.